The van der Waals surface area contributed by atoms with Crippen LogP contribution in [0.1, 0.15) is 37.7 Å². The van der Waals surface area contributed by atoms with Crippen molar-refractivity contribution in [1.82, 2.24) is 20.1 Å². The molecule has 0 spiro atoms. The highest BCUT2D eigenvalue weighted by Gasteiger charge is 2.18. The Hall–Kier alpha value is -1.46. The molecule has 6 heteroatoms. The van der Waals surface area contributed by atoms with Crippen LogP contribution in [-0.2, 0) is 13.0 Å². The van der Waals surface area contributed by atoms with Gasteiger partial charge in [0, 0.05) is 24.0 Å². The molecule has 0 fully saturated rings. The summed E-state index contributed by atoms with van der Waals surface area (Å²) in [6.07, 6.45) is 3.24. The molecule has 0 saturated carbocycles. The maximum absolute atomic E-state index is 13.2. The first-order chi connectivity index (χ1) is 10.2. The van der Waals surface area contributed by atoms with Crippen molar-refractivity contribution in [2.75, 3.05) is 6.54 Å². The van der Waals surface area contributed by atoms with Crippen LogP contribution < -0.4 is 5.32 Å². The summed E-state index contributed by atoms with van der Waals surface area (Å²) in [7, 11) is 0. The van der Waals surface area contributed by atoms with Crippen molar-refractivity contribution < 1.29 is 4.39 Å². The van der Waals surface area contributed by atoms with Crippen LogP contribution in [-0.4, -0.2) is 21.3 Å². The molecule has 1 N–H and O–H groups in total. The molecule has 0 amide bonds. The van der Waals surface area contributed by atoms with Crippen LogP contribution in [0.3, 0.4) is 0 Å². The fraction of sp³-hybridized carbons (Fsp3) is 0.467. The van der Waals surface area contributed by atoms with Crippen molar-refractivity contribution in [2.45, 2.75) is 39.3 Å². The molecule has 0 aliphatic carbocycles. The minimum atomic E-state index is -0.326. The number of rotatable bonds is 7. The smallest absolute Gasteiger partial charge is 0.138 e. The standard InChI is InChI=1S/C15H20ClFN4/c1-3-7-21-15(19-10-20-21)9-14(18-4-2)12-6-5-11(17)8-13(12)16/h5-6,8,10,14,18H,3-4,7,9H2,1-2H3. The lowest BCUT2D eigenvalue weighted by Crippen LogP contribution is -2.25. The fourth-order valence-corrected chi connectivity index (χ4v) is 2.65. The largest absolute Gasteiger partial charge is 0.310 e. The van der Waals surface area contributed by atoms with Crippen molar-refractivity contribution in [3.8, 4) is 0 Å². The van der Waals surface area contributed by atoms with E-state index in [9.17, 15) is 4.39 Å². The molecule has 2 aromatic rings. The zero-order valence-corrected chi connectivity index (χ0v) is 13.1. The molecule has 0 aliphatic rings. The molecule has 4 nitrogen and oxygen atoms in total. The normalized spacial score (nSPS) is 12.6. The third kappa shape index (κ3) is 4.02. The van der Waals surface area contributed by atoms with Gasteiger partial charge >= 0.3 is 0 Å². The van der Waals surface area contributed by atoms with Crippen molar-refractivity contribution in [3.05, 3.63) is 46.8 Å². The number of nitrogens with one attached hydrogen (secondary N) is 1. The summed E-state index contributed by atoms with van der Waals surface area (Å²) >= 11 is 6.18. The van der Waals surface area contributed by atoms with Crippen molar-refractivity contribution in [3.63, 3.8) is 0 Å². The first-order valence-corrected chi connectivity index (χ1v) is 7.58. The second-order valence-electron chi connectivity index (χ2n) is 4.88. The number of halogens is 2. The average Bonchev–Trinajstić information content (AvgIpc) is 2.86. The quantitative estimate of drug-likeness (QED) is 0.852. The number of benzene rings is 1. The lowest BCUT2D eigenvalue weighted by Gasteiger charge is -2.19. The predicted octanol–water partition coefficient (Wildman–Crippen LogP) is 3.37. The third-order valence-corrected chi connectivity index (χ3v) is 3.63. The highest BCUT2D eigenvalue weighted by molar-refractivity contribution is 6.31. The molecule has 0 saturated heterocycles. The summed E-state index contributed by atoms with van der Waals surface area (Å²) in [6.45, 7) is 5.76. The molecule has 1 aromatic carbocycles. The molecular weight excluding hydrogens is 291 g/mol. The lowest BCUT2D eigenvalue weighted by atomic mass is 10.0. The van der Waals surface area contributed by atoms with E-state index >= 15 is 0 Å². The van der Waals surface area contributed by atoms with Gasteiger partial charge in [-0.05, 0) is 30.7 Å². The van der Waals surface area contributed by atoms with E-state index in [2.05, 4.69) is 22.3 Å². The summed E-state index contributed by atoms with van der Waals surface area (Å²) in [4.78, 5) is 4.32. The Bertz CT molecular complexity index is 585. The van der Waals surface area contributed by atoms with Crippen LogP contribution in [0.4, 0.5) is 4.39 Å². The molecule has 1 atom stereocenters. The summed E-state index contributed by atoms with van der Waals surface area (Å²) < 4.78 is 15.1. The molecule has 1 heterocycles. The highest BCUT2D eigenvalue weighted by atomic mass is 35.5. The molecule has 1 unspecified atom stereocenters. The van der Waals surface area contributed by atoms with Gasteiger partial charge < -0.3 is 5.32 Å². The van der Waals surface area contributed by atoms with E-state index in [4.69, 9.17) is 11.6 Å². The topological polar surface area (TPSA) is 42.7 Å². The van der Waals surface area contributed by atoms with Crippen LogP contribution in [0.5, 0.6) is 0 Å². The van der Waals surface area contributed by atoms with Gasteiger partial charge in [0.2, 0.25) is 0 Å². The minimum Gasteiger partial charge on any atom is -0.310 e. The molecule has 21 heavy (non-hydrogen) atoms. The Morgan fingerprint density at radius 3 is 2.86 bits per heavy atom. The Morgan fingerprint density at radius 1 is 1.38 bits per heavy atom. The van der Waals surface area contributed by atoms with E-state index < -0.39 is 0 Å². The van der Waals surface area contributed by atoms with Gasteiger partial charge in [0.05, 0.1) is 0 Å². The van der Waals surface area contributed by atoms with Gasteiger partial charge in [-0.25, -0.2) is 9.37 Å². The summed E-state index contributed by atoms with van der Waals surface area (Å²) in [5.74, 6) is 0.580. The van der Waals surface area contributed by atoms with Gasteiger partial charge in [-0.2, -0.15) is 5.10 Å². The molecule has 0 aliphatic heterocycles. The molecule has 114 valence electrons. The van der Waals surface area contributed by atoms with Crippen LogP contribution in [0.25, 0.3) is 0 Å². The SMILES string of the molecule is CCCn1ncnc1CC(NCC)c1ccc(F)cc1Cl. The van der Waals surface area contributed by atoms with Gasteiger partial charge in [-0.3, -0.25) is 4.68 Å². The fourth-order valence-electron chi connectivity index (χ4n) is 2.35. The maximum Gasteiger partial charge on any atom is 0.138 e. The minimum absolute atomic E-state index is 0.0112. The van der Waals surface area contributed by atoms with Gasteiger partial charge in [0.25, 0.3) is 0 Å². The van der Waals surface area contributed by atoms with Crippen molar-refractivity contribution in [1.29, 1.82) is 0 Å². The van der Waals surface area contributed by atoms with E-state index in [-0.39, 0.29) is 11.9 Å². The highest BCUT2D eigenvalue weighted by Crippen LogP contribution is 2.26. The van der Waals surface area contributed by atoms with Crippen molar-refractivity contribution >= 4 is 11.6 Å². The van der Waals surface area contributed by atoms with Crippen LogP contribution >= 0.6 is 11.6 Å². The Kier molecular flexibility index (Phi) is 5.70. The second-order valence-corrected chi connectivity index (χ2v) is 5.29. The van der Waals surface area contributed by atoms with Crippen molar-refractivity contribution in [2.24, 2.45) is 0 Å². The predicted molar refractivity (Wildman–Crippen MR) is 81.8 cm³/mol. The number of hydrogen-bond donors (Lipinski definition) is 1. The zero-order valence-electron chi connectivity index (χ0n) is 12.3. The number of aromatic nitrogens is 3. The van der Waals surface area contributed by atoms with Gasteiger partial charge in [-0.1, -0.05) is 31.5 Å². The zero-order chi connectivity index (χ0) is 15.2. The molecule has 0 radical (unpaired) electrons. The number of nitrogens with zero attached hydrogens (tertiary/aromatic N) is 3. The summed E-state index contributed by atoms with van der Waals surface area (Å²) in [5.41, 5.74) is 0.881. The van der Waals surface area contributed by atoms with E-state index in [1.165, 1.54) is 12.1 Å². The van der Waals surface area contributed by atoms with Crippen LogP contribution in [0.2, 0.25) is 5.02 Å². The summed E-state index contributed by atoms with van der Waals surface area (Å²) in [5, 5.41) is 8.05. The summed E-state index contributed by atoms with van der Waals surface area (Å²) in [6, 6.07) is 4.49. The Labute approximate surface area is 129 Å². The maximum atomic E-state index is 13.2. The van der Waals surface area contributed by atoms with E-state index in [1.807, 2.05) is 11.6 Å². The van der Waals surface area contributed by atoms with Crippen LogP contribution in [0, 0.1) is 5.82 Å². The van der Waals surface area contributed by atoms with Gasteiger partial charge in [-0.15, -0.1) is 0 Å². The number of aryl methyl sites for hydroxylation is 1. The van der Waals surface area contributed by atoms with Crippen LogP contribution in [0.15, 0.2) is 24.5 Å². The number of hydrogen-bond acceptors (Lipinski definition) is 3. The number of likely N-dealkylation sites (N-methyl/N-ethyl adjacent to an activating group) is 1. The van der Waals surface area contributed by atoms with Gasteiger partial charge in [0.1, 0.15) is 18.0 Å². The third-order valence-electron chi connectivity index (χ3n) is 3.31. The molecule has 1 aromatic heterocycles. The molecule has 0 bridgehead atoms. The van der Waals surface area contributed by atoms with E-state index in [1.54, 1.807) is 12.4 Å². The van der Waals surface area contributed by atoms with E-state index in [0.29, 0.717) is 11.4 Å². The second kappa shape index (κ2) is 7.52. The molecule has 2 rings (SSSR count). The Balaban J connectivity index is 2.24. The first kappa shape index (κ1) is 15.9. The monoisotopic (exact) mass is 310 g/mol. The van der Waals surface area contributed by atoms with E-state index in [0.717, 1.165) is 30.9 Å². The average molecular weight is 311 g/mol. The first-order valence-electron chi connectivity index (χ1n) is 7.20. The Morgan fingerprint density at radius 2 is 2.19 bits per heavy atom. The lowest BCUT2D eigenvalue weighted by molar-refractivity contribution is 0.498. The van der Waals surface area contributed by atoms with Gasteiger partial charge in [0.15, 0.2) is 0 Å². The molecular formula is C15H20ClFN4.